The van der Waals surface area contributed by atoms with Crippen LogP contribution in [0.15, 0.2) is 24.3 Å². The second-order valence-electron chi connectivity index (χ2n) is 4.98. The molecule has 1 amide bonds. The predicted octanol–water partition coefficient (Wildman–Crippen LogP) is 0.776. The third-order valence-electron chi connectivity index (χ3n) is 3.45. The van der Waals surface area contributed by atoms with Crippen molar-refractivity contribution in [3.8, 4) is 11.5 Å². The second kappa shape index (κ2) is 5.09. The van der Waals surface area contributed by atoms with Crippen LogP contribution in [-0.2, 0) is 4.79 Å². The summed E-state index contributed by atoms with van der Waals surface area (Å²) in [5, 5.41) is 0. The van der Waals surface area contributed by atoms with Gasteiger partial charge in [0, 0.05) is 6.04 Å². The third-order valence-corrected chi connectivity index (χ3v) is 3.45. The van der Waals surface area contributed by atoms with Gasteiger partial charge in [-0.3, -0.25) is 4.79 Å². The smallest absolute Gasteiger partial charge is 0.236 e. The van der Waals surface area contributed by atoms with E-state index in [1.165, 1.54) is 0 Å². The largest absolute Gasteiger partial charge is 0.486 e. The number of nitrogens with two attached hydrogens (primary N) is 1. The van der Waals surface area contributed by atoms with Crippen molar-refractivity contribution >= 4 is 5.91 Å². The van der Waals surface area contributed by atoms with Gasteiger partial charge in [0.2, 0.25) is 5.91 Å². The highest BCUT2D eigenvalue weighted by Crippen LogP contribution is 2.32. The van der Waals surface area contributed by atoms with Gasteiger partial charge in [0.25, 0.3) is 0 Å². The fourth-order valence-corrected chi connectivity index (χ4v) is 2.33. The summed E-state index contributed by atoms with van der Waals surface area (Å²) in [5.74, 6) is 1.50. The first-order chi connectivity index (χ1) is 9.28. The average molecular weight is 262 g/mol. The maximum absolute atomic E-state index is 11.8. The zero-order valence-corrected chi connectivity index (χ0v) is 10.7. The van der Waals surface area contributed by atoms with Crippen molar-refractivity contribution in [2.75, 3.05) is 19.7 Å². The van der Waals surface area contributed by atoms with Crippen molar-refractivity contribution in [3.63, 3.8) is 0 Å². The quantitative estimate of drug-likeness (QED) is 0.870. The molecule has 1 atom stereocenters. The van der Waals surface area contributed by atoms with Crippen molar-refractivity contribution in [2.45, 2.75) is 25.0 Å². The molecule has 2 N–H and O–H groups in total. The van der Waals surface area contributed by atoms with E-state index in [1.807, 2.05) is 29.2 Å². The summed E-state index contributed by atoms with van der Waals surface area (Å²) < 4.78 is 11.5. The van der Waals surface area contributed by atoms with Crippen molar-refractivity contribution in [1.29, 1.82) is 0 Å². The molecule has 0 saturated heterocycles. The van der Waals surface area contributed by atoms with Gasteiger partial charge in [0.15, 0.2) is 17.6 Å². The average Bonchev–Trinajstić information content (AvgIpc) is 3.28. The van der Waals surface area contributed by atoms with Gasteiger partial charge >= 0.3 is 0 Å². The van der Waals surface area contributed by atoms with Gasteiger partial charge in [-0.15, -0.1) is 0 Å². The number of ether oxygens (including phenoxy) is 2. The zero-order valence-electron chi connectivity index (χ0n) is 10.7. The van der Waals surface area contributed by atoms with E-state index in [-0.39, 0.29) is 18.6 Å². The molecule has 0 spiro atoms. The number of hydrogen-bond donors (Lipinski definition) is 1. The summed E-state index contributed by atoms with van der Waals surface area (Å²) in [4.78, 5) is 13.7. The lowest BCUT2D eigenvalue weighted by Crippen LogP contribution is -2.46. The molecule has 0 unspecified atom stereocenters. The van der Waals surface area contributed by atoms with E-state index in [1.54, 1.807) is 0 Å². The molecule has 1 aromatic carbocycles. The topological polar surface area (TPSA) is 64.8 Å². The van der Waals surface area contributed by atoms with Gasteiger partial charge in [-0.1, -0.05) is 12.1 Å². The number of rotatable bonds is 4. The lowest BCUT2D eigenvalue weighted by molar-refractivity contribution is -0.131. The summed E-state index contributed by atoms with van der Waals surface area (Å²) >= 11 is 0. The van der Waals surface area contributed by atoms with Crippen LogP contribution in [0.3, 0.4) is 0 Å². The molecule has 1 aliphatic carbocycles. The van der Waals surface area contributed by atoms with Crippen LogP contribution >= 0.6 is 0 Å². The van der Waals surface area contributed by atoms with Crippen LogP contribution in [0.4, 0.5) is 0 Å². The normalized spacial score (nSPS) is 21.0. The Kier molecular flexibility index (Phi) is 3.29. The maximum atomic E-state index is 11.8. The Balaban J connectivity index is 1.66. The number of nitrogens with zero attached hydrogens (tertiary/aromatic N) is 1. The first-order valence-electron chi connectivity index (χ1n) is 6.66. The Morgan fingerprint density at radius 2 is 2.05 bits per heavy atom. The SMILES string of the molecule is NCC(=O)N(C[C@H]1COc2ccccc2O1)C1CC1. The molecule has 5 heteroatoms. The molecule has 3 rings (SSSR count). The molecule has 19 heavy (non-hydrogen) atoms. The molecular formula is C14H18N2O3. The molecule has 1 heterocycles. The minimum atomic E-state index is -0.119. The minimum Gasteiger partial charge on any atom is -0.486 e. The van der Waals surface area contributed by atoms with Crippen molar-refractivity contribution in [2.24, 2.45) is 5.73 Å². The predicted molar refractivity (Wildman–Crippen MR) is 70.1 cm³/mol. The highest BCUT2D eigenvalue weighted by Gasteiger charge is 2.35. The number of amides is 1. The Morgan fingerprint density at radius 3 is 2.74 bits per heavy atom. The van der Waals surface area contributed by atoms with Crippen LogP contribution in [0.25, 0.3) is 0 Å². The molecule has 1 saturated carbocycles. The zero-order chi connectivity index (χ0) is 13.2. The van der Waals surface area contributed by atoms with Gasteiger partial charge in [0.05, 0.1) is 13.1 Å². The standard InChI is InChI=1S/C14H18N2O3/c15-7-14(17)16(10-5-6-10)8-11-9-18-12-3-1-2-4-13(12)19-11/h1-4,10-11H,5-9,15H2/t11-/m0/s1. The summed E-state index contributed by atoms with van der Waals surface area (Å²) in [5.41, 5.74) is 5.46. The van der Waals surface area contributed by atoms with Gasteiger partial charge in [0.1, 0.15) is 6.61 Å². The molecular weight excluding hydrogens is 244 g/mol. The van der Waals surface area contributed by atoms with Crippen molar-refractivity contribution in [1.82, 2.24) is 4.90 Å². The molecule has 1 aromatic rings. The van der Waals surface area contributed by atoms with Crippen LogP contribution in [0, 0.1) is 0 Å². The number of carbonyl (C=O) groups is 1. The Hall–Kier alpha value is -1.75. The highest BCUT2D eigenvalue weighted by molar-refractivity contribution is 5.78. The van der Waals surface area contributed by atoms with Crippen LogP contribution in [0.2, 0.25) is 0 Å². The summed E-state index contributed by atoms with van der Waals surface area (Å²) in [6.45, 7) is 1.08. The van der Waals surface area contributed by atoms with E-state index in [0.717, 1.165) is 24.3 Å². The first kappa shape index (κ1) is 12.3. The summed E-state index contributed by atoms with van der Waals surface area (Å²) in [7, 11) is 0. The lowest BCUT2D eigenvalue weighted by Gasteiger charge is -2.31. The third kappa shape index (κ3) is 2.66. The highest BCUT2D eigenvalue weighted by atomic mass is 16.6. The molecule has 0 bridgehead atoms. The van der Waals surface area contributed by atoms with Crippen LogP contribution < -0.4 is 15.2 Å². The van der Waals surface area contributed by atoms with E-state index >= 15 is 0 Å². The first-order valence-corrected chi connectivity index (χ1v) is 6.66. The van der Waals surface area contributed by atoms with E-state index < -0.39 is 0 Å². The molecule has 102 valence electrons. The monoisotopic (exact) mass is 262 g/mol. The Labute approximate surface area is 112 Å². The van der Waals surface area contributed by atoms with Gasteiger partial charge in [-0.25, -0.2) is 0 Å². The molecule has 2 aliphatic rings. The van der Waals surface area contributed by atoms with Crippen LogP contribution in [-0.4, -0.2) is 42.6 Å². The van der Waals surface area contributed by atoms with Gasteiger partial charge in [-0.2, -0.15) is 0 Å². The fourth-order valence-electron chi connectivity index (χ4n) is 2.33. The van der Waals surface area contributed by atoms with Gasteiger partial charge < -0.3 is 20.1 Å². The molecule has 0 aromatic heterocycles. The second-order valence-corrected chi connectivity index (χ2v) is 4.98. The van der Waals surface area contributed by atoms with Gasteiger partial charge in [-0.05, 0) is 25.0 Å². The van der Waals surface area contributed by atoms with Crippen molar-refractivity contribution in [3.05, 3.63) is 24.3 Å². The van der Waals surface area contributed by atoms with E-state index in [0.29, 0.717) is 19.2 Å². The minimum absolute atomic E-state index is 0.00930. The maximum Gasteiger partial charge on any atom is 0.236 e. The Morgan fingerprint density at radius 1 is 1.32 bits per heavy atom. The molecule has 1 fully saturated rings. The molecule has 5 nitrogen and oxygen atoms in total. The number of carbonyl (C=O) groups excluding carboxylic acids is 1. The summed E-state index contributed by atoms with van der Waals surface area (Å²) in [6, 6.07) is 7.94. The van der Waals surface area contributed by atoms with Crippen LogP contribution in [0.1, 0.15) is 12.8 Å². The number of para-hydroxylation sites is 2. The van der Waals surface area contributed by atoms with Crippen LogP contribution in [0.5, 0.6) is 11.5 Å². The lowest BCUT2D eigenvalue weighted by atomic mass is 10.2. The summed E-state index contributed by atoms with van der Waals surface area (Å²) in [6.07, 6.45) is 2.01. The fraction of sp³-hybridized carbons (Fsp3) is 0.500. The molecule has 1 aliphatic heterocycles. The van der Waals surface area contributed by atoms with Crippen molar-refractivity contribution < 1.29 is 14.3 Å². The van der Waals surface area contributed by atoms with E-state index in [2.05, 4.69) is 0 Å². The number of benzene rings is 1. The Bertz CT molecular complexity index is 474. The molecule has 0 radical (unpaired) electrons. The number of fused-ring (bicyclic) bond motifs is 1. The number of hydrogen-bond acceptors (Lipinski definition) is 4. The van der Waals surface area contributed by atoms with E-state index in [9.17, 15) is 4.79 Å². The van der Waals surface area contributed by atoms with E-state index in [4.69, 9.17) is 15.2 Å².